The molecular formula is C27H26ClN3O2. The number of rotatable bonds is 5. The van der Waals surface area contributed by atoms with E-state index in [1.807, 2.05) is 69.3 Å². The van der Waals surface area contributed by atoms with Crippen LogP contribution in [0.5, 0.6) is 5.75 Å². The highest BCUT2D eigenvalue weighted by Crippen LogP contribution is 2.40. The van der Waals surface area contributed by atoms with Crippen LogP contribution < -0.4 is 11.5 Å². The molecule has 0 spiro atoms. The average molecular weight is 460 g/mol. The van der Waals surface area contributed by atoms with E-state index in [9.17, 15) is 9.90 Å². The van der Waals surface area contributed by atoms with E-state index in [2.05, 4.69) is 0 Å². The number of benzene rings is 3. The lowest BCUT2D eigenvalue weighted by atomic mass is 9.92. The number of fused-ring (bicyclic) bond motifs is 1. The molecule has 0 aliphatic carbocycles. The van der Waals surface area contributed by atoms with Crippen LogP contribution in [-0.2, 0) is 6.42 Å². The molecule has 0 bridgehead atoms. The van der Waals surface area contributed by atoms with Crippen LogP contribution >= 0.6 is 11.6 Å². The number of aromatic nitrogens is 1. The number of nitrogens with two attached hydrogens (primary N) is 2. The Morgan fingerprint density at radius 1 is 1.15 bits per heavy atom. The number of carbonyl (C=O) groups is 1. The molecule has 4 aromatic rings. The first-order chi connectivity index (χ1) is 15.8. The minimum absolute atomic E-state index is 0.112. The number of nitrogen functional groups attached to an aromatic ring is 1. The molecule has 5 nitrogen and oxygen atoms in total. The third-order valence-electron chi connectivity index (χ3n) is 5.97. The maximum atomic E-state index is 12.6. The lowest BCUT2D eigenvalue weighted by Gasteiger charge is -2.14. The Kier molecular flexibility index (Phi) is 5.91. The van der Waals surface area contributed by atoms with E-state index in [1.165, 1.54) is 0 Å². The highest BCUT2D eigenvalue weighted by Gasteiger charge is 2.24. The fourth-order valence-corrected chi connectivity index (χ4v) is 4.71. The lowest BCUT2D eigenvalue weighted by molar-refractivity contribution is 0.100. The first-order valence-corrected chi connectivity index (χ1v) is 11.1. The molecule has 0 atom stereocenters. The van der Waals surface area contributed by atoms with Gasteiger partial charge in [-0.1, -0.05) is 54.9 Å². The smallest absolute Gasteiger partial charge is 0.253 e. The number of hydrogen-bond donors (Lipinski definition) is 3. The molecule has 0 radical (unpaired) electrons. The van der Waals surface area contributed by atoms with Gasteiger partial charge in [0, 0.05) is 16.5 Å². The normalized spacial score (nSPS) is 11.5. The van der Waals surface area contributed by atoms with Crippen LogP contribution in [0.25, 0.3) is 33.8 Å². The number of nitrogens with zero attached hydrogens (tertiary/aromatic N) is 1. The van der Waals surface area contributed by atoms with Crippen molar-refractivity contribution in [1.82, 2.24) is 4.57 Å². The summed E-state index contributed by atoms with van der Waals surface area (Å²) in [7, 11) is 0. The van der Waals surface area contributed by atoms with E-state index in [1.54, 1.807) is 16.7 Å². The minimum atomic E-state index is -0.595. The second-order valence-corrected chi connectivity index (χ2v) is 8.41. The number of allylic oxidation sites excluding steroid dienone is 1. The molecule has 1 aromatic heterocycles. The second kappa shape index (κ2) is 8.68. The van der Waals surface area contributed by atoms with Crippen molar-refractivity contribution in [3.63, 3.8) is 0 Å². The predicted molar refractivity (Wildman–Crippen MR) is 137 cm³/mol. The molecule has 0 aliphatic heterocycles. The fourth-order valence-electron chi connectivity index (χ4n) is 4.47. The quantitative estimate of drug-likeness (QED) is 0.329. The number of anilines is 1. The number of hydrogen-bond acceptors (Lipinski definition) is 3. The van der Waals surface area contributed by atoms with Crippen LogP contribution in [-0.4, -0.2) is 15.6 Å². The SMILES string of the molecule is C/C=C/c1ccc(-c2ccc3c(c2CC)c(C(N)=O)c(N)n3-c2cc(O)ccc2C)cc1Cl. The molecule has 0 saturated carbocycles. The Hall–Kier alpha value is -3.70. The molecule has 3 aromatic carbocycles. The van der Waals surface area contributed by atoms with Gasteiger partial charge in [-0.25, -0.2) is 0 Å². The topological polar surface area (TPSA) is 94.3 Å². The van der Waals surface area contributed by atoms with Gasteiger partial charge in [-0.05, 0) is 66.3 Å². The largest absolute Gasteiger partial charge is 0.508 e. The summed E-state index contributed by atoms with van der Waals surface area (Å²) in [5.41, 5.74) is 18.8. The summed E-state index contributed by atoms with van der Waals surface area (Å²) in [4.78, 5) is 12.6. The summed E-state index contributed by atoms with van der Waals surface area (Å²) in [6.45, 7) is 5.90. The van der Waals surface area contributed by atoms with Gasteiger partial charge in [0.25, 0.3) is 5.91 Å². The first-order valence-electron chi connectivity index (χ1n) is 10.8. The third kappa shape index (κ3) is 3.74. The standard InChI is InChI=1S/C27H26ClN3O2/c1-4-6-16-8-9-17(13-21(16)28)20-11-12-22-24(19(20)5-2)25(27(30)33)26(29)31(22)23-14-18(32)10-7-15(23)3/h4,6-14,32H,5,29H2,1-3H3,(H2,30,33)/b6-4+. The van der Waals surface area contributed by atoms with Gasteiger partial charge >= 0.3 is 0 Å². The summed E-state index contributed by atoms with van der Waals surface area (Å²) >= 11 is 6.52. The fraction of sp³-hybridized carbons (Fsp3) is 0.148. The molecule has 5 N–H and O–H groups in total. The van der Waals surface area contributed by atoms with Crippen LogP contribution in [0.15, 0.2) is 54.6 Å². The molecule has 0 fully saturated rings. The van der Waals surface area contributed by atoms with Crippen molar-refractivity contribution in [3.8, 4) is 22.6 Å². The van der Waals surface area contributed by atoms with Gasteiger partial charge in [-0.3, -0.25) is 9.36 Å². The van der Waals surface area contributed by atoms with Crippen molar-refractivity contribution in [2.75, 3.05) is 5.73 Å². The van der Waals surface area contributed by atoms with E-state index in [4.69, 9.17) is 23.1 Å². The van der Waals surface area contributed by atoms with Crippen LogP contribution in [0.4, 0.5) is 5.82 Å². The van der Waals surface area contributed by atoms with E-state index in [0.29, 0.717) is 17.1 Å². The Labute approximate surface area is 197 Å². The average Bonchev–Trinajstić information content (AvgIpc) is 3.08. The van der Waals surface area contributed by atoms with Gasteiger partial charge in [-0.15, -0.1) is 0 Å². The molecule has 6 heteroatoms. The minimum Gasteiger partial charge on any atom is -0.508 e. The highest BCUT2D eigenvalue weighted by atomic mass is 35.5. The van der Waals surface area contributed by atoms with Gasteiger partial charge in [0.05, 0.1) is 16.8 Å². The Morgan fingerprint density at radius 2 is 1.91 bits per heavy atom. The maximum Gasteiger partial charge on any atom is 0.253 e. The number of carbonyl (C=O) groups excluding carboxylic acids is 1. The summed E-state index contributed by atoms with van der Waals surface area (Å²) in [6.07, 6.45) is 4.56. The summed E-state index contributed by atoms with van der Waals surface area (Å²) in [5.74, 6) is -0.234. The lowest BCUT2D eigenvalue weighted by Crippen LogP contribution is -2.14. The Morgan fingerprint density at radius 3 is 2.55 bits per heavy atom. The molecule has 33 heavy (non-hydrogen) atoms. The van der Waals surface area contributed by atoms with Gasteiger partial charge < -0.3 is 16.6 Å². The van der Waals surface area contributed by atoms with Crippen LogP contribution in [0, 0.1) is 6.92 Å². The van der Waals surface area contributed by atoms with E-state index in [-0.39, 0.29) is 17.1 Å². The molecule has 1 heterocycles. The number of amides is 1. The summed E-state index contributed by atoms with van der Waals surface area (Å²) in [5, 5.41) is 11.5. The predicted octanol–water partition coefficient (Wildman–Crippen LogP) is 6.24. The number of phenols is 1. The van der Waals surface area contributed by atoms with Crippen molar-refractivity contribution >= 4 is 40.3 Å². The second-order valence-electron chi connectivity index (χ2n) is 8.01. The van der Waals surface area contributed by atoms with Gasteiger partial charge in [0.2, 0.25) is 0 Å². The molecule has 168 valence electrons. The molecule has 0 aliphatic rings. The number of phenolic OH excluding ortho intramolecular Hbond substituents is 1. The van der Waals surface area contributed by atoms with Crippen LogP contribution in [0.3, 0.4) is 0 Å². The Bertz CT molecular complexity index is 1430. The van der Waals surface area contributed by atoms with Gasteiger partial charge in [0.15, 0.2) is 0 Å². The number of aromatic hydroxyl groups is 1. The summed E-state index contributed by atoms with van der Waals surface area (Å²) < 4.78 is 1.79. The Balaban J connectivity index is 2.07. The molecule has 0 saturated heterocycles. The van der Waals surface area contributed by atoms with E-state index in [0.717, 1.165) is 38.7 Å². The monoisotopic (exact) mass is 459 g/mol. The van der Waals surface area contributed by atoms with Crippen LogP contribution in [0.2, 0.25) is 5.02 Å². The first kappa shape index (κ1) is 22.5. The molecule has 0 unspecified atom stereocenters. The zero-order chi connectivity index (χ0) is 23.9. The zero-order valence-corrected chi connectivity index (χ0v) is 19.6. The van der Waals surface area contributed by atoms with Crippen molar-refractivity contribution in [2.24, 2.45) is 5.73 Å². The van der Waals surface area contributed by atoms with Crippen molar-refractivity contribution < 1.29 is 9.90 Å². The highest BCUT2D eigenvalue weighted by molar-refractivity contribution is 6.32. The zero-order valence-electron chi connectivity index (χ0n) is 18.8. The van der Waals surface area contributed by atoms with Crippen LogP contribution in [0.1, 0.15) is 40.9 Å². The molecular weight excluding hydrogens is 434 g/mol. The van der Waals surface area contributed by atoms with Crippen molar-refractivity contribution in [2.45, 2.75) is 27.2 Å². The maximum absolute atomic E-state index is 12.6. The number of primary amides is 1. The van der Waals surface area contributed by atoms with E-state index < -0.39 is 5.91 Å². The number of halogens is 1. The van der Waals surface area contributed by atoms with Gasteiger partial charge in [0.1, 0.15) is 11.6 Å². The van der Waals surface area contributed by atoms with Gasteiger partial charge in [-0.2, -0.15) is 0 Å². The number of aryl methyl sites for hydroxylation is 2. The third-order valence-corrected chi connectivity index (χ3v) is 6.30. The summed E-state index contributed by atoms with van der Waals surface area (Å²) in [6, 6.07) is 14.9. The molecule has 4 rings (SSSR count). The van der Waals surface area contributed by atoms with Crippen molar-refractivity contribution in [3.05, 3.63) is 81.9 Å². The molecule has 1 amide bonds. The van der Waals surface area contributed by atoms with Crippen molar-refractivity contribution in [1.29, 1.82) is 0 Å². The van der Waals surface area contributed by atoms with E-state index >= 15 is 0 Å².